The van der Waals surface area contributed by atoms with Crippen LogP contribution >= 0.6 is 0 Å². The molecule has 248 valence electrons. The number of aliphatic hydroxyl groups is 2. The average Bonchev–Trinajstić information content (AvgIpc) is 3.76. The van der Waals surface area contributed by atoms with Crippen LogP contribution in [0.3, 0.4) is 0 Å². The lowest BCUT2D eigenvalue weighted by Gasteiger charge is -2.45. The smallest absolute Gasteiger partial charge is 0.231 e. The number of aliphatic hydroxyl groups excluding tert-OH is 1. The molecule has 3 heterocycles. The van der Waals surface area contributed by atoms with Crippen molar-refractivity contribution in [2.24, 2.45) is 11.8 Å². The summed E-state index contributed by atoms with van der Waals surface area (Å²) in [4.78, 5) is 29.7. The molecule has 6 atom stereocenters. The van der Waals surface area contributed by atoms with Gasteiger partial charge in [-0.1, -0.05) is 56.3 Å². The maximum absolute atomic E-state index is 15.2. The van der Waals surface area contributed by atoms with Gasteiger partial charge in [0.2, 0.25) is 24.4 Å². The fourth-order valence-corrected chi connectivity index (χ4v) is 8.06. The SMILES string of the molecule is COc1ccc([C@]23Oc4cc5c(c(OC)c4[C@](O)([C@H](C(=O)N4CCC[C@@H]4NC(=O)CC(C)C)[C@H]2c2ccccc2)[C@H]3O)OCO5)cc1. The van der Waals surface area contributed by atoms with Crippen LogP contribution < -0.4 is 29.0 Å². The van der Waals surface area contributed by atoms with E-state index in [-0.39, 0.29) is 41.4 Å². The summed E-state index contributed by atoms with van der Waals surface area (Å²) in [5.41, 5.74) is -2.55. The van der Waals surface area contributed by atoms with Crippen molar-refractivity contribution in [3.05, 3.63) is 77.4 Å². The first kappa shape index (κ1) is 31.1. The third-order valence-corrected chi connectivity index (χ3v) is 9.98. The number of hydrogen-bond donors (Lipinski definition) is 3. The number of rotatable bonds is 8. The van der Waals surface area contributed by atoms with Crippen molar-refractivity contribution in [3.63, 3.8) is 0 Å². The second-order valence-electron chi connectivity index (χ2n) is 13.1. The molecule has 47 heavy (non-hydrogen) atoms. The number of benzene rings is 3. The van der Waals surface area contributed by atoms with E-state index in [1.807, 2.05) is 44.2 Å². The number of hydrogen-bond acceptors (Lipinski definition) is 9. The summed E-state index contributed by atoms with van der Waals surface area (Å²) in [5.74, 6) is -1.07. The Hall–Kier alpha value is -4.48. The van der Waals surface area contributed by atoms with Crippen LogP contribution in [0, 0.1) is 11.8 Å². The molecule has 1 saturated heterocycles. The lowest BCUT2D eigenvalue weighted by atomic mass is 9.75. The van der Waals surface area contributed by atoms with E-state index in [4.69, 9.17) is 23.7 Å². The van der Waals surface area contributed by atoms with E-state index in [1.165, 1.54) is 7.11 Å². The Morgan fingerprint density at radius 3 is 2.47 bits per heavy atom. The number of carbonyl (C=O) groups excluding carboxylic acids is 2. The van der Waals surface area contributed by atoms with Gasteiger partial charge in [0, 0.05) is 24.9 Å². The van der Waals surface area contributed by atoms with E-state index in [0.29, 0.717) is 48.4 Å². The largest absolute Gasteiger partial charge is 0.497 e. The molecule has 3 aromatic rings. The first-order valence-corrected chi connectivity index (χ1v) is 16.0. The molecular weight excluding hydrogens is 604 g/mol. The Balaban J connectivity index is 1.46. The van der Waals surface area contributed by atoms with Crippen LogP contribution in [0.2, 0.25) is 0 Å². The minimum Gasteiger partial charge on any atom is -0.497 e. The number of nitrogens with zero attached hydrogens (tertiary/aromatic N) is 1. The summed E-state index contributed by atoms with van der Waals surface area (Å²) in [5, 5.41) is 28.9. The van der Waals surface area contributed by atoms with Crippen LogP contribution in [0.4, 0.5) is 0 Å². The molecule has 2 fully saturated rings. The molecule has 1 aliphatic carbocycles. The topological polar surface area (TPSA) is 136 Å². The van der Waals surface area contributed by atoms with Crippen molar-refractivity contribution in [1.82, 2.24) is 10.2 Å². The molecule has 11 nitrogen and oxygen atoms in total. The first-order chi connectivity index (χ1) is 22.6. The summed E-state index contributed by atoms with van der Waals surface area (Å²) in [6, 6.07) is 18.0. The van der Waals surface area contributed by atoms with Gasteiger partial charge in [0.15, 0.2) is 17.1 Å². The molecule has 7 rings (SSSR count). The van der Waals surface area contributed by atoms with Crippen molar-refractivity contribution in [3.8, 4) is 28.7 Å². The lowest BCUT2D eigenvalue weighted by molar-refractivity contribution is -0.167. The highest BCUT2D eigenvalue weighted by Crippen LogP contribution is 2.70. The van der Waals surface area contributed by atoms with Crippen LogP contribution in [0.15, 0.2) is 60.7 Å². The van der Waals surface area contributed by atoms with Crippen molar-refractivity contribution in [2.45, 2.75) is 62.5 Å². The van der Waals surface area contributed by atoms with Gasteiger partial charge in [-0.2, -0.15) is 0 Å². The maximum Gasteiger partial charge on any atom is 0.231 e. The molecule has 4 aliphatic rings. The fraction of sp³-hybridized carbons (Fsp3) is 0.444. The molecule has 0 unspecified atom stereocenters. The first-order valence-electron chi connectivity index (χ1n) is 16.0. The van der Waals surface area contributed by atoms with Gasteiger partial charge < -0.3 is 44.1 Å². The van der Waals surface area contributed by atoms with Gasteiger partial charge in [0.25, 0.3) is 0 Å². The van der Waals surface area contributed by atoms with Crippen molar-refractivity contribution in [1.29, 1.82) is 0 Å². The highest BCUT2D eigenvalue weighted by Gasteiger charge is 2.77. The number of methoxy groups -OCH3 is 2. The van der Waals surface area contributed by atoms with Gasteiger partial charge in [-0.15, -0.1) is 0 Å². The Labute approximate surface area is 273 Å². The van der Waals surface area contributed by atoms with Gasteiger partial charge in [-0.25, -0.2) is 0 Å². The van der Waals surface area contributed by atoms with Gasteiger partial charge in [0.05, 0.1) is 25.7 Å². The molecule has 2 bridgehead atoms. The third-order valence-electron chi connectivity index (χ3n) is 9.98. The highest BCUT2D eigenvalue weighted by atomic mass is 16.7. The zero-order valence-corrected chi connectivity index (χ0v) is 26.9. The fourth-order valence-electron chi connectivity index (χ4n) is 8.06. The van der Waals surface area contributed by atoms with Gasteiger partial charge in [-0.3, -0.25) is 9.59 Å². The lowest BCUT2D eigenvalue weighted by Crippen LogP contribution is -2.56. The van der Waals surface area contributed by atoms with Crippen molar-refractivity contribution >= 4 is 11.8 Å². The standard InChI is InChI=1S/C36H40N2O9/c1-20(2)17-27(39)37-26-11-8-16-38(26)33(40)30-28(21-9-6-5-7-10-21)36(22-12-14-23(43-3)15-13-22)34(41)35(30,42)29-24(47-36)18-25-31(32(29)44-4)46-19-45-25/h5-7,9-10,12-15,18,20,26,28,30,34,41-42H,8,11,16-17,19H2,1-4H3,(H,37,39)/t26-,28-,30+,34-,35+,36+/m1/s1. The minimum atomic E-state index is -2.23. The highest BCUT2D eigenvalue weighted by molar-refractivity contribution is 5.86. The molecule has 1 saturated carbocycles. The summed E-state index contributed by atoms with van der Waals surface area (Å²) < 4.78 is 29.7. The molecule has 11 heteroatoms. The third kappa shape index (κ3) is 4.62. The predicted molar refractivity (Wildman–Crippen MR) is 169 cm³/mol. The molecule has 0 radical (unpaired) electrons. The van der Waals surface area contributed by atoms with E-state index >= 15 is 4.79 Å². The predicted octanol–water partition coefficient (Wildman–Crippen LogP) is 3.79. The Kier molecular flexibility index (Phi) is 7.71. The van der Waals surface area contributed by atoms with E-state index < -0.39 is 41.2 Å². The maximum atomic E-state index is 15.2. The second kappa shape index (κ2) is 11.6. The van der Waals surface area contributed by atoms with Crippen LogP contribution in [-0.4, -0.2) is 66.8 Å². The normalized spacial score (nSPS) is 28.5. The number of likely N-dealkylation sites (tertiary alicyclic amines) is 1. The van der Waals surface area contributed by atoms with Gasteiger partial charge in [0.1, 0.15) is 29.4 Å². The van der Waals surface area contributed by atoms with Gasteiger partial charge in [-0.05, 0) is 42.0 Å². The zero-order chi connectivity index (χ0) is 33.1. The Morgan fingerprint density at radius 1 is 1.04 bits per heavy atom. The van der Waals surface area contributed by atoms with Crippen LogP contribution in [-0.2, 0) is 20.8 Å². The zero-order valence-electron chi connectivity index (χ0n) is 26.9. The summed E-state index contributed by atoms with van der Waals surface area (Å²) in [6.07, 6.45) is -0.661. The van der Waals surface area contributed by atoms with Crippen LogP contribution in [0.5, 0.6) is 28.7 Å². The number of ether oxygens (including phenoxy) is 5. The number of nitrogens with one attached hydrogen (secondary N) is 1. The van der Waals surface area contributed by atoms with E-state index in [0.717, 1.165) is 0 Å². The molecular formula is C36H40N2O9. The number of carbonyl (C=O) groups is 2. The van der Waals surface area contributed by atoms with Crippen LogP contribution in [0.25, 0.3) is 0 Å². The second-order valence-corrected chi connectivity index (χ2v) is 13.1. The monoisotopic (exact) mass is 644 g/mol. The average molecular weight is 645 g/mol. The molecule has 0 aromatic heterocycles. The number of fused-ring (bicyclic) bond motifs is 5. The molecule has 3 N–H and O–H groups in total. The summed E-state index contributed by atoms with van der Waals surface area (Å²) >= 11 is 0. The summed E-state index contributed by atoms with van der Waals surface area (Å²) in [6.45, 7) is 4.23. The minimum absolute atomic E-state index is 0.0697. The van der Waals surface area contributed by atoms with Crippen molar-refractivity contribution in [2.75, 3.05) is 27.6 Å². The van der Waals surface area contributed by atoms with E-state index in [9.17, 15) is 15.0 Å². The van der Waals surface area contributed by atoms with E-state index in [1.54, 1.807) is 42.3 Å². The van der Waals surface area contributed by atoms with Crippen LogP contribution in [0.1, 0.15) is 55.7 Å². The molecule has 0 spiro atoms. The quantitative estimate of drug-likeness (QED) is 0.335. The van der Waals surface area contributed by atoms with Gasteiger partial charge >= 0.3 is 0 Å². The molecule has 3 aliphatic heterocycles. The van der Waals surface area contributed by atoms with Crippen molar-refractivity contribution < 1.29 is 43.5 Å². The van der Waals surface area contributed by atoms with E-state index in [2.05, 4.69) is 5.32 Å². The number of amides is 2. The Bertz CT molecular complexity index is 1680. The molecule has 3 aromatic carbocycles. The molecule has 2 amide bonds. The Morgan fingerprint density at radius 2 is 1.79 bits per heavy atom. The summed E-state index contributed by atoms with van der Waals surface area (Å²) in [7, 11) is 2.99.